The van der Waals surface area contributed by atoms with E-state index in [1.807, 2.05) is 60.4 Å². The van der Waals surface area contributed by atoms with Crippen LogP contribution in [0.5, 0.6) is 11.5 Å². The Bertz CT molecular complexity index is 1810. The van der Waals surface area contributed by atoms with Crippen molar-refractivity contribution < 1.29 is 23.9 Å². The van der Waals surface area contributed by atoms with Crippen molar-refractivity contribution in [1.29, 1.82) is 0 Å². The van der Waals surface area contributed by atoms with Crippen LogP contribution < -0.4 is 14.4 Å². The maximum atomic E-state index is 14.9. The minimum atomic E-state index is -1.62. The fraction of sp³-hybridized carbons (Fsp3) is 0.194. The number of ketones is 3. The van der Waals surface area contributed by atoms with Crippen molar-refractivity contribution >= 4 is 40.7 Å². The third-order valence-electron chi connectivity index (χ3n) is 8.94. The zero-order chi connectivity index (χ0) is 29.9. The van der Waals surface area contributed by atoms with Gasteiger partial charge in [-0.1, -0.05) is 78.4 Å². The molecule has 0 unspecified atom stereocenters. The molecule has 0 saturated carbocycles. The first-order valence-corrected chi connectivity index (χ1v) is 14.6. The van der Waals surface area contributed by atoms with Crippen molar-refractivity contribution in [2.24, 2.45) is 5.41 Å². The van der Waals surface area contributed by atoms with Crippen LogP contribution in [0, 0.1) is 5.41 Å². The van der Waals surface area contributed by atoms with E-state index >= 15 is 0 Å². The number of hydrogen-bond acceptors (Lipinski definition) is 6. The monoisotopic (exact) mass is 589 g/mol. The Hall–Kier alpha value is -4.68. The number of rotatable bonds is 6. The SMILES string of the molecule is CCOc1ccccc1[C@@H]1[C@@H](C(=O)c2cccc(OC)c2)N2c3ccc(Cl)cc3C=C[C@H]2C12C(=O)c1ccccc1C2=O. The average molecular weight is 590 g/mol. The van der Waals surface area contributed by atoms with E-state index in [4.69, 9.17) is 21.1 Å². The Labute approximate surface area is 254 Å². The van der Waals surface area contributed by atoms with Crippen molar-refractivity contribution in [1.82, 2.24) is 0 Å². The summed E-state index contributed by atoms with van der Waals surface area (Å²) < 4.78 is 11.6. The Morgan fingerprint density at radius 3 is 2.35 bits per heavy atom. The summed E-state index contributed by atoms with van der Waals surface area (Å²) in [6.45, 7) is 2.26. The zero-order valence-corrected chi connectivity index (χ0v) is 24.4. The van der Waals surface area contributed by atoms with Crippen LogP contribution in [0.25, 0.3) is 6.08 Å². The van der Waals surface area contributed by atoms with E-state index in [9.17, 15) is 14.4 Å². The lowest BCUT2D eigenvalue weighted by molar-refractivity contribution is 0.0664. The number of methoxy groups -OCH3 is 1. The first kappa shape index (κ1) is 27.2. The molecule has 7 rings (SSSR count). The lowest BCUT2D eigenvalue weighted by Gasteiger charge is -2.37. The highest BCUT2D eigenvalue weighted by Crippen LogP contribution is 2.62. The number of hydrogen-bond donors (Lipinski definition) is 0. The molecule has 1 spiro atoms. The van der Waals surface area contributed by atoms with E-state index in [1.54, 1.807) is 61.7 Å². The summed E-state index contributed by atoms with van der Waals surface area (Å²) >= 11 is 6.40. The highest BCUT2D eigenvalue weighted by molar-refractivity contribution is 6.33. The molecule has 1 aliphatic carbocycles. The van der Waals surface area contributed by atoms with Crippen LogP contribution in [0.3, 0.4) is 0 Å². The van der Waals surface area contributed by atoms with Crippen LogP contribution in [-0.4, -0.2) is 43.2 Å². The summed E-state index contributed by atoms with van der Waals surface area (Å²) in [5.74, 6) is -0.616. The van der Waals surface area contributed by atoms with Crippen molar-refractivity contribution in [3.63, 3.8) is 0 Å². The Kier molecular flexibility index (Phi) is 6.47. The second-order valence-corrected chi connectivity index (χ2v) is 11.4. The number of carbonyl (C=O) groups is 3. The molecule has 214 valence electrons. The van der Waals surface area contributed by atoms with Gasteiger partial charge in [0.1, 0.15) is 23.0 Å². The van der Waals surface area contributed by atoms with Gasteiger partial charge < -0.3 is 14.4 Å². The summed E-state index contributed by atoms with van der Waals surface area (Å²) in [6.07, 6.45) is 3.78. The summed E-state index contributed by atoms with van der Waals surface area (Å²) in [5, 5.41) is 0.546. The molecule has 3 atom stereocenters. The van der Waals surface area contributed by atoms with Gasteiger partial charge in [0, 0.05) is 38.9 Å². The maximum absolute atomic E-state index is 14.9. The molecule has 0 aromatic heterocycles. The number of fused-ring (bicyclic) bond motifs is 5. The van der Waals surface area contributed by atoms with E-state index < -0.39 is 23.4 Å². The predicted octanol–water partition coefficient (Wildman–Crippen LogP) is 7.06. The number of nitrogens with zero attached hydrogens (tertiary/aromatic N) is 1. The molecule has 2 heterocycles. The Morgan fingerprint density at radius 2 is 1.63 bits per heavy atom. The maximum Gasteiger partial charge on any atom is 0.186 e. The molecule has 43 heavy (non-hydrogen) atoms. The summed E-state index contributed by atoms with van der Waals surface area (Å²) in [7, 11) is 1.55. The molecule has 0 N–H and O–H groups in total. The number of carbonyl (C=O) groups excluding carboxylic acids is 3. The zero-order valence-electron chi connectivity index (χ0n) is 23.6. The van der Waals surface area contributed by atoms with Crippen LogP contribution in [0.2, 0.25) is 5.02 Å². The number of halogens is 1. The molecule has 7 heteroatoms. The molecule has 4 aromatic rings. The second-order valence-electron chi connectivity index (χ2n) is 11.0. The molecule has 0 amide bonds. The van der Waals surface area contributed by atoms with Gasteiger partial charge in [-0.2, -0.15) is 0 Å². The van der Waals surface area contributed by atoms with Crippen LogP contribution in [0.4, 0.5) is 5.69 Å². The van der Waals surface area contributed by atoms with Gasteiger partial charge in [-0.05, 0) is 48.9 Å². The third-order valence-corrected chi connectivity index (χ3v) is 9.18. The fourth-order valence-corrected chi connectivity index (χ4v) is 7.44. The molecule has 3 aliphatic rings. The number of para-hydroxylation sites is 1. The highest BCUT2D eigenvalue weighted by atomic mass is 35.5. The van der Waals surface area contributed by atoms with Crippen LogP contribution in [0.1, 0.15) is 55.0 Å². The molecule has 0 radical (unpaired) electrons. The van der Waals surface area contributed by atoms with Crippen LogP contribution >= 0.6 is 11.6 Å². The first-order valence-electron chi connectivity index (χ1n) is 14.3. The van der Waals surface area contributed by atoms with Crippen molar-refractivity contribution in [3.8, 4) is 11.5 Å². The van der Waals surface area contributed by atoms with E-state index in [-0.39, 0.29) is 17.3 Å². The average Bonchev–Trinajstić information content (AvgIpc) is 3.47. The molecule has 0 bridgehead atoms. The van der Waals surface area contributed by atoms with Crippen molar-refractivity contribution in [3.05, 3.63) is 130 Å². The van der Waals surface area contributed by atoms with Gasteiger partial charge in [0.25, 0.3) is 0 Å². The molecule has 1 saturated heterocycles. The smallest absolute Gasteiger partial charge is 0.186 e. The quantitative estimate of drug-likeness (QED) is 0.177. The summed E-state index contributed by atoms with van der Waals surface area (Å²) in [4.78, 5) is 46.5. The molecular weight excluding hydrogens is 562 g/mol. The minimum Gasteiger partial charge on any atom is -0.497 e. The van der Waals surface area contributed by atoms with Gasteiger partial charge in [-0.3, -0.25) is 14.4 Å². The van der Waals surface area contributed by atoms with Crippen LogP contribution in [0.15, 0.2) is 97.1 Å². The van der Waals surface area contributed by atoms with Crippen LogP contribution in [-0.2, 0) is 0 Å². The number of anilines is 1. The second kappa shape index (κ2) is 10.2. The highest BCUT2D eigenvalue weighted by Gasteiger charge is 2.72. The number of benzene rings is 4. The fourth-order valence-electron chi connectivity index (χ4n) is 7.26. The minimum absolute atomic E-state index is 0.232. The number of ether oxygens (including phenoxy) is 2. The lowest BCUT2D eigenvalue weighted by Crippen LogP contribution is -2.48. The van der Waals surface area contributed by atoms with E-state index in [0.717, 1.165) is 11.3 Å². The van der Waals surface area contributed by atoms with E-state index in [1.165, 1.54) is 0 Å². The normalized spacial score (nSPS) is 21.0. The molecular formula is C36H28ClNO5. The Balaban J connectivity index is 1.56. The third kappa shape index (κ3) is 3.83. The lowest BCUT2D eigenvalue weighted by atomic mass is 9.64. The topological polar surface area (TPSA) is 72.9 Å². The first-order chi connectivity index (χ1) is 20.9. The van der Waals surface area contributed by atoms with Gasteiger partial charge >= 0.3 is 0 Å². The summed E-state index contributed by atoms with van der Waals surface area (Å²) in [6, 6.07) is 25.1. The van der Waals surface area contributed by atoms with Gasteiger partial charge in [0.2, 0.25) is 0 Å². The molecule has 2 aliphatic heterocycles. The number of Topliss-reactive ketones (excluding diaryl/α,β-unsaturated/α-hetero) is 3. The van der Waals surface area contributed by atoms with E-state index in [0.29, 0.717) is 45.4 Å². The summed E-state index contributed by atoms with van der Waals surface area (Å²) in [5.41, 5.74) is 1.70. The van der Waals surface area contributed by atoms with Gasteiger partial charge in [-0.15, -0.1) is 0 Å². The largest absolute Gasteiger partial charge is 0.497 e. The van der Waals surface area contributed by atoms with Gasteiger partial charge in [-0.25, -0.2) is 0 Å². The molecule has 6 nitrogen and oxygen atoms in total. The van der Waals surface area contributed by atoms with Crippen molar-refractivity contribution in [2.45, 2.75) is 24.9 Å². The van der Waals surface area contributed by atoms with Crippen molar-refractivity contribution in [2.75, 3.05) is 18.6 Å². The van der Waals surface area contributed by atoms with Gasteiger partial charge in [0.05, 0.1) is 19.8 Å². The molecule has 1 fully saturated rings. The van der Waals surface area contributed by atoms with E-state index in [2.05, 4.69) is 0 Å². The standard InChI is InChI=1S/C36H28ClNO5/c1-3-43-29-14-7-6-13-27(29)31-32(33(39)22-9-8-10-24(20-22)42-2)38-28-17-16-23(37)19-21(28)15-18-30(38)36(31)34(40)25-11-4-5-12-26(25)35(36)41/h4-20,30-32H,3H2,1-2H3/t30-,31+,32-/m0/s1. The van der Waals surface area contributed by atoms with Gasteiger partial charge in [0.15, 0.2) is 17.3 Å². The predicted molar refractivity (Wildman–Crippen MR) is 166 cm³/mol. The Morgan fingerprint density at radius 1 is 0.907 bits per heavy atom. The molecule has 4 aromatic carbocycles.